The number of fused-ring (bicyclic) bond motifs is 1. The standard InChI is InChI=1S/C21H17N3O4S/c1-11-14-9-13(6-7-15(14)24-19(11)26)17(25)10-28-21(27)18-12(2)23-20(29-18)16-5-3-4-8-22-16/h3-9,11H,10H2,1-2H3,(H,24,26)/t11-/m0/s1. The Morgan fingerprint density at radius 1 is 1.24 bits per heavy atom. The van der Waals surface area contributed by atoms with Crippen LogP contribution >= 0.6 is 11.3 Å². The number of hydrogen-bond donors (Lipinski definition) is 1. The Hall–Kier alpha value is -3.39. The van der Waals surface area contributed by atoms with Gasteiger partial charge in [-0.05, 0) is 49.7 Å². The molecule has 1 amide bonds. The normalized spacial score (nSPS) is 15.0. The highest BCUT2D eigenvalue weighted by Crippen LogP contribution is 2.33. The van der Waals surface area contributed by atoms with Crippen LogP contribution in [0, 0.1) is 6.92 Å². The van der Waals surface area contributed by atoms with E-state index in [4.69, 9.17) is 4.74 Å². The number of rotatable bonds is 5. The number of aromatic nitrogens is 2. The molecule has 1 aliphatic rings. The Kier molecular flexibility index (Phi) is 4.94. The van der Waals surface area contributed by atoms with Crippen molar-refractivity contribution in [2.24, 2.45) is 0 Å². The van der Waals surface area contributed by atoms with E-state index in [0.717, 1.165) is 5.56 Å². The molecule has 0 saturated carbocycles. The summed E-state index contributed by atoms with van der Waals surface area (Å²) in [6.07, 6.45) is 1.66. The number of carbonyl (C=O) groups is 3. The van der Waals surface area contributed by atoms with Crippen molar-refractivity contribution in [1.82, 2.24) is 9.97 Å². The van der Waals surface area contributed by atoms with E-state index in [2.05, 4.69) is 15.3 Å². The van der Waals surface area contributed by atoms with Gasteiger partial charge in [0.1, 0.15) is 9.88 Å². The number of thiazole rings is 1. The number of nitrogens with zero attached hydrogens (tertiary/aromatic N) is 2. The maximum Gasteiger partial charge on any atom is 0.350 e. The molecule has 0 aliphatic carbocycles. The Morgan fingerprint density at radius 2 is 2.07 bits per heavy atom. The number of esters is 1. The highest BCUT2D eigenvalue weighted by atomic mass is 32.1. The fourth-order valence-corrected chi connectivity index (χ4v) is 3.99. The lowest BCUT2D eigenvalue weighted by Gasteiger charge is -2.06. The van der Waals surface area contributed by atoms with Crippen molar-refractivity contribution in [2.75, 3.05) is 11.9 Å². The van der Waals surface area contributed by atoms with Gasteiger partial charge >= 0.3 is 5.97 Å². The van der Waals surface area contributed by atoms with Crippen LogP contribution in [0.25, 0.3) is 10.7 Å². The number of hydrogen-bond acceptors (Lipinski definition) is 7. The fourth-order valence-electron chi connectivity index (χ4n) is 3.06. The number of Topliss-reactive ketones (excluding diaryl/α,β-unsaturated/α-hetero) is 1. The second-order valence-corrected chi connectivity index (χ2v) is 7.66. The third kappa shape index (κ3) is 3.66. The summed E-state index contributed by atoms with van der Waals surface area (Å²) in [7, 11) is 0. The number of ketones is 1. The molecule has 0 saturated heterocycles. The minimum atomic E-state index is -0.595. The molecule has 3 heterocycles. The van der Waals surface area contributed by atoms with E-state index < -0.39 is 5.97 Å². The van der Waals surface area contributed by atoms with Crippen LogP contribution in [-0.4, -0.2) is 34.2 Å². The monoisotopic (exact) mass is 407 g/mol. The van der Waals surface area contributed by atoms with Crippen molar-refractivity contribution < 1.29 is 19.1 Å². The molecule has 8 heteroatoms. The number of nitrogens with one attached hydrogen (secondary N) is 1. The summed E-state index contributed by atoms with van der Waals surface area (Å²) in [6.45, 7) is 3.11. The zero-order valence-electron chi connectivity index (χ0n) is 15.8. The fraction of sp³-hybridized carbons (Fsp3) is 0.190. The second kappa shape index (κ2) is 7.56. The second-order valence-electron chi connectivity index (χ2n) is 6.66. The molecule has 29 heavy (non-hydrogen) atoms. The summed E-state index contributed by atoms with van der Waals surface area (Å²) in [5.74, 6) is -1.34. The smallest absolute Gasteiger partial charge is 0.350 e. The Balaban J connectivity index is 1.45. The maximum atomic E-state index is 12.5. The van der Waals surface area contributed by atoms with E-state index in [1.807, 2.05) is 12.1 Å². The van der Waals surface area contributed by atoms with Gasteiger partial charge in [0.15, 0.2) is 12.4 Å². The van der Waals surface area contributed by atoms with Crippen LogP contribution in [0.1, 0.15) is 44.1 Å². The minimum Gasteiger partial charge on any atom is -0.453 e. The van der Waals surface area contributed by atoms with Gasteiger partial charge in [-0.25, -0.2) is 9.78 Å². The van der Waals surface area contributed by atoms with Crippen LogP contribution < -0.4 is 5.32 Å². The van der Waals surface area contributed by atoms with Crippen molar-refractivity contribution in [3.8, 4) is 10.7 Å². The molecule has 3 aromatic rings. The highest BCUT2D eigenvalue weighted by molar-refractivity contribution is 7.17. The summed E-state index contributed by atoms with van der Waals surface area (Å²) in [4.78, 5) is 45.6. The number of aryl methyl sites for hydroxylation is 1. The molecule has 1 aromatic carbocycles. The molecule has 0 unspecified atom stereocenters. The first-order valence-corrected chi connectivity index (χ1v) is 9.79. The third-order valence-corrected chi connectivity index (χ3v) is 5.85. The number of anilines is 1. The van der Waals surface area contributed by atoms with Crippen molar-refractivity contribution >= 4 is 34.7 Å². The average Bonchev–Trinajstić information content (AvgIpc) is 3.26. The van der Waals surface area contributed by atoms with Crippen LogP contribution in [-0.2, 0) is 9.53 Å². The summed E-state index contributed by atoms with van der Waals surface area (Å²) in [6, 6.07) is 10.4. The topological polar surface area (TPSA) is 98.2 Å². The van der Waals surface area contributed by atoms with E-state index >= 15 is 0 Å². The molecule has 0 spiro atoms. The summed E-state index contributed by atoms with van der Waals surface area (Å²) in [5, 5.41) is 3.38. The van der Waals surface area contributed by atoms with Crippen LogP contribution in [0.4, 0.5) is 5.69 Å². The van der Waals surface area contributed by atoms with Gasteiger partial charge in [-0.1, -0.05) is 6.07 Å². The minimum absolute atomic E-state index is 0.0968. The largest absolute Gasteiger partial charge is 0.453 e. The molecule has 0 fully saturated rings. The van der Waals surface area contributed by atoms with Gasteiger partial charge in [-0.3, -0.25) is 14.6 Å². The summed E-state index contributed by atoms with van der Waals surface area (Å²) in [5.41, 5.74) is 3.08. The van der Waals surface area contributed by atoms with Crippen LogP contribution in [0.15, 0.2) is 42.6 Å². The van der Waals surface area contributed by atoms with Crippen molar-refractivity contribution in [3.63, 3.8) is 0 Å². The SMILES string of the molecule is Cc1nc(-c2ccccn2)sc1C(=O)OCC(=O)c1ccc2c(c1)[C@H](C)C(=O)N2. The molecule has 1 N–H and O–H groups in total. The van der Waals surface area contributed by atoms with Crippen LogP contribution in [0.5, 0.6) is 0 Å². The number of pyridine rings is 1. The van der Waals surface area contributed by atoms with E-state index in [1.54, 1.807) is 44.3 Å². The molecule has 2 aromatic heterocycles. The molecular formula is C21H17N3O4S. The zero-order valence-corrected chi connectivity index (χ0v) is 16.6. The van der Waals surface area contributed by atoms with Gasteiger partial charge in [-0.15, -0.1) is 11.3 Å². The van der Waals surface area contributed by atoms with Gasteiger partial charge in [0.25, 0.3) is 0 Å². The first kappa shape index (κ1) is 18.9. The highest BCUT2D eigenvalue weighted by Gasteiger charge is 2.27. The number of carbonyl (C=O) groups excluding carboxylic acids is 3. The molecule has 1 atom stereocenters. The Morgan fingerprint density at radius 3 is 2.83 bits per heavy atom. The predicted octanol–water partition coefficient (Wildman–Crippen LogP) is 3.61. The lowest BCUT2D eigenvalue weighted by molar-refractivity contribution is -0.116. The van der Waals surface area contributed by atoms with Gasteiger partial charge in [-0.2, -0.15) is 0 Å². The van der Waals surface area contributed by atoms with Crippen LogP contribution in [0.3, 0.4) is 0 Å². The van der Waals surface area contributed by atoms with Crippen molar-refractivity contribution in [1.29, 1.82) is 0 Å². The lowest BCUT2D eigenvalue weighted by atomic mass is 9.99. The molecule has 4 rings (SSSR count). The van der Waals surface area contributed by atoms with E-state index in [1.165, 1.54) is 11.3 Å². The quantitative estimate of drug-likeness (QED) is 0.512. The van der Waals surface area contributed by atoms with Gasteiger partial charge in [0.2, 0.25) is 5.91 Å². The van der Waals surface area contributed by atoms with Gasteiger partial charge in [0, 0.05) is 17.4 Å². The lowest BCUT2D eigenvalue weighted by Crippen LogP contribution is -2.14. The number of amides is 1. The Bertz CT molecular complexity index is 1120. The summed E-state index contributed by atoms with van der Waals surface area (Å²) >= 11 is 1.18. The molecular weight excluding hydrogens is 390 g/mol. The van der Waals surface area contributed by atoms with Gasteiger partial charge in [0.05, 0.1) is 17.3 Å². The number of benzene rings is 1. The van der Waals surface area contributed by atoms with Crippen molar-refractivity contribution in [2.45, 2.75) is 19.8 Å². The van der Waals surface area contributed by atoms with Crippen LogP contribution in [0.2, 0.25) is 0 Å². The molecule has 0 bridgehead atoms. The molecule has 146 valence electrons. The first-order chi connectivity index (χ1) is 13.9. The van der Waals surface area contributed by atoms with Gasteiger partial charge < -0.3 is 10.1 Å². The summed E-state index contributed by atoms with van der Waals surface area (Å²) < 4.78 is 5.22. The molecule has 1 aliphatic heterocycles. The zero-order chi connectivity index (χ0) is 20.5. The predicted molar refractivity (Wildman–Crippen MR) is 108 cm³/mol. The van der Waals surface area contributed by atoms with E-state index in [0.29, 0.717) is 32.5 Å². The Labute approximate surface area is 170 Å². The third-order valence-electron chi connectivity index (χ3n) is 4.69. The van der Waals surface area contributed by atoms with Crippen molar-refractivity contribution in [3.05, 3.63) is 64.3 Å². The van der Waals surface area contributed by atoms with E-state index in [9.17, 15) is 14.4 Å². The maximum absolute atomic E-state index is 12.5. The average molecular weight is 407 g/mol. The first-order valence-electron chi connectivity index (χ1n) is 8.98. The van der Waals surface area contributed by atoms with E-state index in [-0.39, 0.29) is 24.2 Å². The molecule has 7 nitrogen and oxygen atoms in total. The molecule has 0 radical (unpaired) electrons. The number of ether oxygens (including phenoxy) is 1.